The van der Waals surface area contributed by atoms with Gasteiger partial charge in [-0.2, -0.15) is 0 Å². The van der Waals surface area contributed by atoms with E-state index in [1.807, 2.05) is 0 Å². The summed E-state index contributed by atoms with van der Waals surface area (Å²) >= 11 is 0. The molecule has 0 aliphatic carbocycles. The van der Waals surface area contributed by atoms with Crippen LogP contribution in [-0.2, 0) is 49.9 Å². The van der Waals surface area contributed by atoms with Crippen LogP contribution in [0.1, 0.15) is 6.42 Å². The Morgan fingerprint density at radius 2 is 1.68 bits per heavy atom. The van der Waals surface area contributed by atoms with Gasteiger partial charge in [0.25, 0.3) is 0 Å². The zero-order valence-electron chi connectivity index (χ0n) is 11.6. The molecule has 0 amide bonds. The number of hydrogen-bond donors (Lipinski definition) is 2. The van der Waals surface area contributed by atoms with Gasteiger partial charge in [0.15, 0.2) is 0 Å². The topological polar surface area (TPSA) is 169 Å². The van der Waals surface area contributed by atoms with Crippen LogP contribution >= 0.6 is 0 Å². The van der Waals surface area contributed by atoms with E-state index >= 15 is 0 Å². The van der Waals surface area contributed by atoms with E-state index in [1.54, 1.807) is 0 Å². The fourth-order valence-electron chi connectivity index (χ4n) is 1.62. The second kappa shape index (κ2) is 10.2. The Labute approximate surface area is 141 Å². The summed E-state index contributed by atoms with van der Waals surface area (Å²) < 4.78 is 10.3. The average Bonchev–Trinajstić information content (AvgIpc) is 2.43. The number of carbonyl (C=O) groups is 2. The maximum Gasteiger partial charge on any atom is 2.00 e. The van der Waals surface area contributed by atoms with Crippen LogP contribution in [0.5, 0.6) is 0 Å². The minimum absolute atomic E-state index is 0. The molecule has 4 N–H and O–H groups in total. The molecule has 0 aromatic carbocycles. The molecule has 1 fully saturated rings. The summed E-state index contributed by atoms with van der Waals surface area (Å²) in [6.07, 6.45) is -1.56. The second-order valence-corrected chi connectivity index (χ2v) is 4.56. The van der Waals surface area contributed by atoms with Gasteiger partial charge in [-0.25, -0.2) is 9.78 Å². The summed E-state index contributed by atoms with van der Waals surface area (Å²) in [4.78, 5) is 31.5. The molecule has 1 aliphatic heterocycles. The Kier molecular flexibility index (Phi) is 9.93. The normalized spacial score (nSPS) is 22.2. The molecule has 2 unspecified atom stereocenters. The Morgan fingerprint density at radius 1 is 1.14 bits per heavy atom. The first-order valence-corrected chi connectivity index (χ1v) is 6.29. The predicted molar refractivity (Wildman–Crippen MR) is 62.0 cm³/mol. The molecule has 22 heavy (non-hydrogen) atoms. The molecule has 1 heterocycles. The number of ether oxygens (including phenoxy) is 2. The third-order valence-corrected chi connectivity index (χ3v) is 2.92. The standard InChI is InChI=1S/C11H20N2O8.Pt/c12-7(5-11(13,9(14)15)10(16)17)8-6-19-2-1-18-3-4-20-21-8;/h7-8H,1-6,12-13H2,(H,14,15)(H,16,17);/q;+2/p-2. The van der Waals surface area contributed by atoms with E-state index in [4.69, 9.17) is 30.7 Å². The van der Waals surface area contributed by atoms with E-state index < -0.39 is 36.0 Å². The molecule has 1 aliphatic rings. The van der Waals surface area contributed by atoms with E-state index in [-0.39, 0.29) is 47.5 Å². The molecule has 130 valence electrons. The number of aliphatic carboxylic acids is 2. The zero-order chi connectivity index (χ0) is 15.9. The van der Waals surface area contributed by atoms with Crippen LogP contribution in [0.15, 0.2) is 0 Å². The molecule has 11 heteroatoms. The largest absolute Gasteiger partial charge is 2.00 e. The molecule has 0 aromatic rings. The van der Waals surface area contributed by atoms with Crippen LogP contribution in [0.3, 0.4) is 0 Å². The third-order valence-electron chi connectivity index (χ3n) is 2.92. The van der Waals surface area contributed by atoms with Gasteiger partial charge >= 0.3 is 21.1 Å². The number of rotatable bonds is 5. The molecular weight excluding hydrogens is 483 g/mol. The summed E-state index contributed by atoms with van der Waals surface area (Å²) in [5.74, 6) is -3.99. The van der Waals surface area contributed by atoms with Crippen molar-refractivity contribution in [1.82, 2.24) is 0 Å². The van der Waals surface area contributed by atoms with Crippen molar-refractivity contribution in [3.8, 4) is 0 Å². The van der Waals surface area contributed by atoms with Gasteiger partial charge in [0.1, 0.15) is 12.7 Å². The van der Waals surface area contributed by atoms with Crippen molar-refractivity contribution in [1.29, 1.82) is 0 Å². The molecule has 0 radical (unpaired) electrons. The first-order valence-electron chi connectivity index (χ1n) is 6.29. The first kappa shape index (κ1) is 21.4. The van der Waals surface area contributed by atoms with Crippen molar-refractivity contribution in [2.45, 2.75) is 24.1 Å². The average molecular weight is 501 g/mol. The molecule has 2 atom stereocenters. The predicted octanol–water partition coefficient (Wildman–Crippen LogP) is -4.74. The number of carbonyl (C=O) groups excluding carboxylic acids is 2. The van der Waals surface area contributed by atoms with Gasteiger partial charge in [-0.3, -0.25) is 0 Å². The molecule has 0 saturated carbocycles. The van der Waals surface area contributed by atoms with E-state index in [1.165, 1.54) is 0 Å². The maximum absolute atomic E-state index is 10.9. The second-order valence-electron chi connectivity index (χ2n) is 4.56. The van der Waals surface area contributed by atoms with Gasteiger partial charge in [-0.05, 0) is 6.42 Å². The van der Waals surface area contributed by atoms with Crippen LogP contribution in [0, 0.1) is 0 Å². The smallest absolute Gasteiger partial charge is 0.548 e. The Hall–Kier alpha value is -0.612. The Balaban J connectivity index is 0.00000441. The van der Waals surface area contributed by atoms with E-state index in [0.717, 1.165) is 0 Å². The van der Waals surface area contributed by atoms with Crippen molar-refractivity contribution in [2.75, 3.05) is 33.0 Å². The molecule has 0 bridgehead atoms. The maximum atomic E-state index is 10.9. The first-order chi connectivity index (χ1) is 9.88. The molecular formula is C11H18N2O8Pt. The van der Waals surface area contributed by atoms with Gasteiger partial charge < -0.3 is 40.7 Å². The number of hydrogen-bond acceptors (Lipinski definition) is 10. The van der Waals surface area contributed by atoms with Crippen molar-refractivity contribution in [3.63, 3.8) is 0 Å². The summed E-state index contributed by atoms with van der Waals surface area (Å²) in [6, 6.07) is -1.08. The van der Waals surface area contributed by atoms with Crippen LogP contribution in [0.25, 0.3) is 0 Å². The minimum atomic E-state index is -2.72. The quantitative estimate of drug-likeness (QED) is 0.276. The SMILES string of the molecule is NC(CC(N)(C(=O)[O-])C(=O)[O-])C1COCCOCCOO1.[Pt+2]. The van der Waals surface area contributed by atoms with Gasteiger partial charge in [-0.15, -0.1) is 0 Å². The van der Waals surface area contributed by atoms with Crippen molar-refractivity contribution >= 4 is 11.9 Å². The monoisotopic (exact) mass is 501 g/mol. The van der Waals surface area contributed by atoms with Crippen molar-refractivity contribution < 1.29 is 60.1 Å². The summed E-state index contributed by atoms with van der Waals surface area (Å²) in [5, 5.41) is 21.7. The van der Waals surface area contributed by atoms with E-state index in [2.05, 4.69) is 0 Å². The van der Waals surface area contributed by atoms with Gasteiger partial charge in [-0.1, -0.05) is 0 Å². The van der Waals surface area contributed by atoms with Crippen molar-refractivity contribution in [2.24, 2.45) is 11.5 Å². The minimum Gasteiger partial charge on any atom is -0.548 e. The van der Waals surface area contributed by atoms with Crippen LogP contribution in [0.2, 0.25) is 0 Å². The Bertz CT molecular complexity index is 346. The number of nitrogens with two attached hydrogens (primary N) is 2. The van der Waals surface area contributed by atoms with Crippen LogP contribution < -0.4 is 21.7 Å². The fourth-order valence-corrected chi connectivity index (χ4v) is 1.62. The van der Waals surface area contributed by atoms with E-state index in [0.29, 0.717) is 6.61 Å². The summed E-state index contributed by atoms with van der Waals surface area (Å²) in [7, 11) is 0. The van der Waals surface area contributed by atoms with Crippen LogP contribution in [0.4, 0.5) is 0 Å². The van der Waals surface area contributed by atoms with Crippen LogP contribution in [-0.4, -0.2) is 62.7 Å². The summed E-state index contributed by atoms with van der Waals surface area (Å²) in [5.41, 5.74) is 8.28. The Morgan fingerprint density at radius 3 is 2.27 bits per heavy atom. The molecule has 1 saturated heterocycles. The van der Waals surface area contributed by atoms with E-state index in [9.17, 15) is 19.8 Å². The molecule has 10 nitrogen and oxygen atoms in total. The summed E-state index contributed by atoms with van der Waals surface area (Å²) in [6.45, 7) is 1.01. The molecule has 0 aromatic heterocycles. The molecule has 1 rings (SSSR count). The van der Waals surface area contributed by atoms with Gasteiger partial charge in [0, 0.05) is 6.04 Å². The third kappa shape index (κ3) is 6.25. The number of carboxylic acids is 2. The zero-order valence-corrected chi connectivity index (χ0v) is 13.9. The van der Waals surface area contributed by atoms with Crippen molar-refractivity contribution in [3.05, 3.63) is 0 Å². The van der Waals surface area contributed by atoms with Gasteiger partial charge in [0.05, 0.1) is 43.9 Å². The molecule has 0 spiro atoms. The van der Waals surface area contributed by atoms with Gasteiger partial charge in [0.2, 0.25) is 0 Å². The number of carboxylic acid groups (broad SMARTS) is 2. The fraction of sp³-hybridized carbons (Fsp3) is 0.818.